The number of thioether (sulfide) groups is 1. The summed E-state index contributed by atoms with van der Waals surface area (Å²) < 4.78 is 14.2. The molecular weight excluding hydrogens is 337 g/mol. The summed E-state index contributed by atoms with van der Waals surface area (Å²) in [6, 6.07) is 0. The average molecular weight is 359 g/mol. The molecule has 0 aliphatic heterocycles. The van der Waals surface area contributed by atoms with Gasteiger partial charge in [0.1, 0.15) is 5.03 Å². The van der Waals surface area contributed by atoms with Crippen LogP contribution in [0.5, 0.6) is 0 Å². The fourth-order valence-corrected chi connectivity index (χ4v) is 4.44. The number of rotatable bonds is 4. The van der Waals surface area contributed by atoms with Crippen molar-refractivity contribution in [2.75, 3.05) is 6.26 Å². The van der Waals surface area contributed by atoms with Crippen LogP contribution in [-0.4, -0.2) is 17.2 Å². The highest BCUT2D eigenvalue weighted by molar-refractivity contribution is 7.98. The van der Waals surface area contributed by atoms with Crippen molar-refractivity contribution >= 4 is 29.3 Å². The molecule has 6 heteroatoms. The van der Waals surface area contributed by atoms with Gasteiger partial charge in [-0.1, -0.05) is 38.8 Å². The topological polar surface area (TPSA) is 53.0 Å². The summed E-state index contributed by atoms with van der Waals surface area (Å²) in [4.78, 5) is 15.9. The summed E-state index contributed by atoms with van der Waals surface area (Å²) in [6.07, 6.45) is 4.67. The lowest BCUT2D eigenvalue weighted by molar-refractivity contribution is -0.255. The lowest BCUT2D eigenvalue weighted by Gasteiger charge is -2.38. The Bertz CT molecular complexity index is 609. The van der Waals surface area contributed by atoms with E-state index < -0.39 is 11.8 Å². The quantitative estimate of drug-likeness (QED) is 0.759. The third-order valence-corrected chi connectivity index (χ3v) is 5.86. The molecule has 1 aromatic rings. The Kier molecular flexibility index (Phi) is 5.95. The maximum absolute atomic E-state index is 14.2. The van der Waals surface area contributed by atoms with E-state index in [0.717, 1.165) is 31.0 Å². The largest absolute Gasteiger partial charge is 0.545 e. The number of hydrogen-bond acceptors (Lipinski definition) is 4. The number of hydrogen-bond donors (Lipinski definition) is 0. The van der Waals surface area contributed by atoms with E-state index >= 15 is 0 Å². The molecule has 23 heavy (non-hydrogen) atoms. The van der Waals surface area contributed by atoms with Crippen molar-refractivity contribution < 1.29 is 14.3 Å². The molecule has 0 aromatic carbocycles. The third-order valence-electron chi connectivity index (χ3n) is 4.85. The molecule has 0 amide bonds. The highest BCUT2D eigenvalue weighted by atomic mass is 35.5. The Hall–Kier alpha value is -0.810. The number of aromatic nitrogens is 1. The Morgan fingerprint density at radius 3 is 2.61 bits per heavy atom. The van der Waals surface area contributed by atoms with Gasteiger partial charge in [-0.05, 0) is 36.9 Å². The minimum Gasteiger partial charge on any atom is -0.545 e. The molecule has 3 nitrogen and oxygen atoms in total. The molecule has 0 N–H and O–H groups in total. The zero-order valence-corrected chi connectivity index (χ0v) is 15.4. The third kappa shape index (κ3) is 3.66. The summed E-state index contributed by atoms with van der Waals surface area (Å²) >= 11 is 7.15. The molecule has 1 aromatic heterocycles. The molecule has 0 radical (unpaired) electrons. The van der Waals surface area contributed by atoms with Crippen molar-refractivity contribution in [1.82, 2.24) is 4.98 Å². The maximum Gasteiger partial charge on any atom is 0.174 e. The first-order valence-corrected chi connectivity index (χ1v) is 9.52. The average Bonchev–Trinajstić information content (AvgIpc) is 2.48. The van der Waals surface area contributed by atoms with Gasteiger partial charge in [-0.15, -0.1) is 11.8 Å². The van der Waals surface area contributed by atoms with Crippen LogP contribution >= 0.6 is 23.4 Å². The van der Waals surface area contributed by atoms with Crippen LogP contribution in [0.4, 0.5) is 4.39 Å². The molecule has 0 unspecified atom stereocenters. The summed E-state index contributed by atoms with van der Waals surface area (Å²) in [5.74, 6) is -1.07. The molecule has 1 aliphatic rings. The van der Waals surface area contributed by atoms with Gasteiger partial charge in [0, 0.05) is 11.5 Å². The van der Waals surface area contributed by atoms with Crippen molar-refractivity contribution in [2.45, 2.75) is 51.0 Å². The van der Waals surface area contributed by atoms with Crippen LogP contribution in [0.15, 0.2) is 5.03 Å². The Balaban J connectivity index is 2.63. The second-order valence-electron chi connectivity index (χ2n) is 6.73. The zero-order chi connectivity index (χ0) is 17.3. The van der Waals surface area contributed by atoms with Gasteiger partial charge < -0.3 is 9.90 Å². The first-order valence-electron chi connectivity index (χ1n) is 7.92. The van der Waals surface area contributed by atoms with E-state index in [0.29, 0.717) is 23.4 Å². The van der Waals surface area contributed by atoms with Crippen molar-refractivity contribution in [3.05, 3.63) is 22.1 Å². The van der Waals surface area contributed by atoms with Crippen LogP contribution < -0.4 is 5.11 Å². The normalized spacial score (nSPS) is 24.9. The van der Waals surface area contributed by atoms with Crippen LogP contribution in [0.1, 0.15) is 62.0 Å². The fourth-order valence-electron chi connectivity index (χ4n) is 3.64. The Morgan fingerprint density at radius 1 is 1.43 bits per heavy atom. The number of pyridine rings is 1. The number of carboxylic acids is 1. The second kappa shape index (κ2) is 7.39. The van der Waals surface area contributed by atoms with E-state index in [2.05, 4.69) is 25.8 Å². The van der Waals surface area contributed by atoms with E-state index in [1.807, 2.05) is 0 Å². The standard InChI is InChI=1S/C17H23ClFNO2S/c1-8(2)10-6-5-9(3)7-11(10)15-12(17(21)22)13(18)14(19)16(20-15)23-4/h8-11H,5-7H2,1-4H3,(H,21,22)/p-1/t9-,10+,11-/m0/s1. The van der Waals surface area contributed by atoms with Gasteiger partial charge >= 0.3 is 0 Å². The molecule has 0 bridgehead atoms. The lowest BCUT2D eigenvalue weighted by Crippen LogP contribution is -2.32. The molecule has 1 aliphatic carbocycles. The Labute approximate surface area is 146 Å². The number of nitrogens with zero attached hydrogens (tertiary/aromatic N) is 1. The molecule has 128 valence electrons. The first kappa shape index (κ1) is 18.5. The van der Waals surface area contributed by atoms with E-state index in [1.165, 1.54) is 0 Å². The van der Waals surface area contributed by atoms with Crippen LogP contribution in [0, 0.1) is 23.6 Å². The first-order chi connectivity index (χ1) is 10.8. The van der Waals surface area contributed by atoms with E-state index in [4.69, 9.17) is 11.6 Å². The maximum atomic E-state index is 14.2. The van der Waals surface area contributed by atoms with Crippen molar-refractivity contribution in [3.63, 3.8) is 0 Å². The molecule has 1 saturated carbocycles. The minimum atomic E-state index is -1.45. The van der Waals surface area contributed by atoms with Crippen molar-refractivity contribution in [2.24, 2.45) is 17.8 Å². The summed E-state index contributed by atoms with van der Waals surface area (Å²) in [5.41, 5.74) is 0.123. The smallest absolute Gasteiger partial charge is 0.174 e. The predicted octanol–water partition coefficient (Wildman–Crippen LogP) is 4.14. The highest BCUT2D eigenvalue weighted by Gasteiger charge is 2.35. The molecule has 0 spiro atoms. The number of carbonyl (C=O) groups excluding carboxylic acids is 1. The van der Waals surface area contributed by atoms with E-state index in [1.54, 1.807) is 6.26 Å². The van der Waals surface area contributed by atoms with Crippen LogP contribution in [0.3, 0.4) is 0 Å². The summed E-state index contributed by atoms with van der Waals surface area (Å²) in [6.45, 7) is 6.42. The molecule has 1 heterocycles. The van der Waals surface area contributed by atoms with Crippen LogP contribution in [-0.2, 0) is 0 Å². The summed E-state index contributed by atoms with van der Waals surface area (Å²) in [5, 5.41) is 11.4. The SMILES string of the molecule is CSc1nc([C@H]2C[C@@H](C)CC[C@@H]2C(C)C)c(C(=O)[O-])c(Cl)c1F. The predicted molar refractivity (Wildman–Crippen MR) is 89.4 cm³/mol. The van der Waals surface area contributed by atoms with Gasteiger partial charge in [-0.3, -0.25) is 0 Å². The van der Waals surface area contributed by atoms with E-state index in [-0.39, 0.29) is 21.5 Å². The molecule has 0 saturated heterocycles. The van der Waals surface area contributed by atoms with Gasteiger partial charge in [0.25, 0.3) is 0 Å². The Morgan fingerprint density at radius 2 is 2.09 bits per heavy atom. The van der Waals surface area contributed by atoms with Crippen molar-refractivity contribution in [3.8, 4) is 0 Å². The molecule has 2 rings (SSSR count). The van der Waals surface area contributed by atoms with Gasteiger partial charge in [-0.25, -0.2) is 9.37 Å². The number of carboxylic acid groups (broad SMARTS) is 1. The van der Waals surface area contributed by atoms with Gasteiger partial charge in [-0.2, -0.15) is 0 Å². The van der Waals surface area contributed by atoms with Crippen LogP contribution in [0.25, 0.3) is 0 Å². The lowest BCUT2D eigenvalue weighted by atomic mass is 9.68. The second-order valence-corrected chi connectivity index (χ2v) is 7.90. The van der Waals surface area contributed by atoms with Crippen molar-refractivity contribution in [1.29, 1.82) is 0 Å². The van der Waals surface area contributed by atoms with Gasteiger partial charge in [0.2, 0.25) is 0 Å². The fraction of sp³-hybridized carbons (Fsp3) is 0.647. The zero-order valence-electron chi connectivity index (χ0n) is 13.9. The van der Waals surface area contributed by atoms with E-state index in [9.17, 15) is 14.3 Å². The number of halogens is 2. The van der Waals surface area contributed by atoms with Gasteiger partial charge in [0.05, 0.1) is 16.7 Å². The highest BCUT2D eigenvalue weighted by Crippen LogP contribution is 2.46. The van der Waals surface area contributed by atoms with Crippen LogP contribution in [0.2, 0.25) is 5.02 Å². The molecular formula is C17H22ClFNO2S-. The molecule has 1 fully saturated rings. The number of aromatic carboxylic acids is 1. The summed E-state index contributed by atoms with van der Waals surface area (Å²) in [7, 11) is 0. The minimum absolute atomic E-state index is 0.0318. The van der Waals surface area contributed by atoms with Gasteiger partial charge in [0.15, 0.2) is 5.82 Å². The monoisotopic (exact) mass is 358 g/mol. The molecule has 3 atom stereocenters. The number of carbonyl (C=O) groups is 1.